The number of β-amino-alcohol motifs (C(OH)–C–C–N with tert-alkyl or cyclic N) is 1. The summed E-state index contributed by atoms with van der Waals surface area (Å²) >= 11 is 5.89. The SMILES string of the molecule is CC(=O)Nc1ccccc1OCC(O)CN1CC[C@H](Oc2ccc(Cl)cc2)C1. The van der Waals surface area contributed by atoms with Gasteiger partial charge in [-0.15, -0.1) is 0 Å². The molecule has 1 fully saturated rings. The van der Waals surface area contributed by atoms with Crippen LogP contribution in [-0.4, -0.2) is 54.4 Å². The van der Waals surface area contributed by atoms with Crippen LogP contribution in [0.5, 0.6) is 11.5 Å². The minimum absolute atomic E-state index is 0.0924. The molecule has 2 aromatic carbocycles. The van der Waals surface area contributed by atoms with Crippen LogP contribution in [0.15, 0.2) is 48.5 Å². The van der Waals surface area contributed by atoms with Crippen molar-refractivity contribution in [2.24, 2.45) is 0 Å². The van der Waals surface area contributed by atoms with Crippen molar-refractivity contribution in [1.29, 1.82) is 0 Å². The molecule has 2 atom stereocenters. The van der Waals surface area contributed by atoms with Crippen molar-refractivity contribution in [3.8, 4) is 11.5 Å². The molecule has 0 saturated carbocycles. The zero-order valence-electron chi connectivity index (χ0n) is 15.8. The van der Waals surface area contributed by atoms with Crippen molar-refractivity contribution in [2.75, 3.05) is 31.6 Å². The molecule has 0 aromatic heterocycles. The number of halogens is 1. The minimum atomic E-state index is -0.639. The van der Waals surface area contributed by atoms with Gasteiger partial charge < -0.3 is 19.9 Å². The van der Waals surface area contributed by atoms with Gasteiger partial charge in [-0.25, -0.2) is 0 Å². The van der Waals surface area contributed by atoms with Crippen molar-refractivity contribution in [3.63, 3.8) is 0 Å². The summed E-state index contributed by atoms with van der Waals surface area (Å²) in [7, 11) is 0. The highest BCUT2D eigenvalue weighted by Crippen LogP contribution is 2.24. The van der Waals surface area contributed by atoms with E-state index in [0.717, 1.165) is 25.3 Å². The Hall–Kier alpha value is -2.28. The molecular formula is C21H25ClN2O4. The molecule has 28 heavy (non-hydrogen) atoms. The van der Waals surface area contributed by atoms with E-state index in [9.17, 15) is 9.90 Å². The third-order valence-electron chi connectivity index (χ3n) is 4.44. The largest absolute Gasteiger partial charge is 0.489 e. The average Bonchev–Trinajstić information content (AvgIpc) is 3.09. The monoisotopic (exact) mass is 404 g/mol. The lowest BCUT2D eigenvalue weighted by Crippen LogP contribution is -2.35. The molecule has 0 spiro atoms. The van der Waals surface area contributed by atoms with E-state index in [1.807, 2.05) is 36.4 Å². The summed E-state index contributed by atoms with van der Waals surface area (Å²) in [5, 5.41) is 13.7. The van der Waals surface area contributed by atoms with E-state index >= 15 is 0 Å². The van der Waals surface area contributed by atoms with Crippen molar-refractivity contribution in [1.82, 2.24) is 4.90 Å². The second kappa shape index (κ2) is 9.78. The number of nitrogens with one attached hydrogen (secondary N) is 1. The molecule has 1 unspecified atom stereocenters. The van der Waals surface area contributed by atoms with Crippen molar-refractivity contribution in [3.05, 3.63) is 53.6 Å². The Morgan fingerprint density at radius 1 is 1.29 bits per heavy atom. The van der Waals surface area contributed by atoms with Gasteiger partial charge in [-0.3, -0.25) is 9.69 Å². The normalized spacial score (nSPS) is 17.9. The van der Waals surface area contributed by atoms with Gasteiger partial charge >= 0.3 is 0 Å². The fraction of sp³-hybridized carbons (Fsp3) is 0.381. The number of hydrogen-bond donors (Lipinski definition) is 2. The molecule has 150 valence electrons. The first-order chi connectivity index (χ1) is 13.5. The number of likely N-dealkylation sites (tertiary alicyclic amines) is 1. The van der Waals surface area contributed by atoms with Crippen molar-refractivity contribution < 1.29 is 19.4 Å². The smallest absolute Gasteiger partial charge is 0.221 e. The first kappa shape index (κ1) is 20.5. The summed E-state index contributed by atoms with van der Waals surface area (Å²) in [6.45, 7) is 3.71. The lowest BCUT2D eigenvalue weighted by Gasteiger charge is -2.21. The topological polar surface area (TPSA) is 71.0 Å². The third-order valence-corrected chi connectivity index (χ3v) is 4.70. The highest BCUT2D eigenvalue weighted by atomic mass is 35.5. The van der Waals surface area contributed by atoms with Crippen LogP contribution in [0.2, 0.25) is 5.02 Å². The maximum atomic E-state index is 11.3. The Labute approximate surface area is 170 Å². The molecule has 1 aliphatic rings. The van der Waals surface area contributed by atoms with Gasteiger partial charge in [0.25, 0.3) is 0 Å². The summed E-state index contributed by atoms with van der Waals surface area (Å²) in [5.74, 6) is 1.18. The number of aliphatic hydroxyl groups excluding tert-OH is 1. The number of hydrogen-bond acceptors (Lipinski definition) is 5. The highest BCUT2D eigenvalue weighted by molar-refractivity contribution is 6.30. The summed E-state index contributed by atoms with van der Waals surface area (Å²) < 4.78 is 11.7. The van der Waals surface area contributed by atoms with E-state index in [4.69, 9.17) is 21.1 Å². The molecule has 1 aliphatic heterocycles. The quantitative estimate of drug-likeness (QED) is 0.707. The Balaban J connectivity index is 1.44. The van der Waals surface area contributed by atoms with Gasteiger partial charge in [-0.05, 0) is 42.8 Å². The number of carbonyl (C=O) groups is 1. The number of amides is 1. The number of rotatable bonds is 8. The molecule has 0 radical (unpaired) electrons. The molecule has 2 N–H and O–H groups in total. The first-order valence-electron chi connectivity index (χ1n) is 9.31. The number of para-hydroxylation sites is 2. The molecule has 7 heteroatoms. The van der Waals surface area contributed by atoms with Crippen molar-refractivity contribution >= 4 is 23.2 Å². The third kappa shape index (κ3) is 6.12. The Bertz CT molecular complexity index is 784. The Kier molecular flexibility index (Phi) is 7.14. The predicted molar refractivity (Wildman–Crippen MR) is 109 cm³/mol. The summed E-state index contributed by atoms with van der Waals surface area (Å²) in [4.78, 5) is 13.4. The number of carbonyl (C=O) groups excluding carboxylic acids is 1. The molecular weight excluding hydrogens is 380 g/mol. The molecule has 3 rings (SSSR count). The number of benzene rings is 2. The van der Waals surface area contributed by atoms with E-state index in [1.54, 1.807) is 12.1 Å². The first-order valence-corrected chi connectivity index (χ1v) is 9.69. The van der Waals surface area contributed by atoms with Crippen LogP contribution in [0, 0.1) is 0 Å². The fourth-order valence-electron chi connectivity index (χ4n) is 3.19. The van der Waals surface area contributed by atoms with Gasteiger partial charge in [-0.1, -0.05) is 23.7 Å². The van der Waals surface area contributed by atoms with Gasteiger partial charge in [0.15, 0.2) is 0 Å². The predicted octanol–water partition coefficient (Wildman–Crippen LogP) is 3.19. The Morgan fingerprint density at radius 2 is 2.04 bits per heavy atom. The van der Waals surface area contributed by atoms with Crippen LogP contribution in [0.3, 0.4) is 0 Å². The number of aliphatic hydroxyl groups is 1. The van der Waals surface area contributed by atoms with Gasteiger partial charge in [-0.2, -0.15) is 0 Å². The van der Waals surface area contributed by atoms with E-state index in [2.05, 4.69) is 10.2 Å². The molecule has 1 amide bonds. The maximum absolute atomic E-state index is 11.3. The standard InChI is InChI=1S/C21H25ClN2O4/c1-15(25)23-20-4-2-3-5-21(20)27-14-17(26)12-24-11-10-19(13-24)28-18-8-6-16(22)7-9-18/h2-9,17,19,26H,10-14H2,1H3,(H,23,25)/t17?,19-/m0/s1. The van der Waals surface area contributed by atoms with Gasteiger partial charge in [0.1, 0.15) is 30.3 Å². The number of ether oxygens (including phenoxy) is 2. The van der Waals surface area contributed by atoms with Crippen LogP contribution in [0.25, 0.3) is 0 Å². The number of nitrogens with zero attached hydrogens (tertiary/aromatic N) is 1. The van der Waals surface area contributed by atoms with E-state index in [1.165, 1.54) is 6.92 Å². The molecule has 0 aliphatic carbocycles. The molecule has 1 heterocycles. The van der Waals surface area contributed by atoms with Gasteiger partial charge in [0.05, 0.1) is 5.69 Å². The summed E-state index contributed by atoms with van der Waals surface area (Å²) in [5.41, 5.74) is 0.597. The number of anilines is 1. The molecule has 1 saturated heterocycles. The molecule has 6 nitrogen and oxygen atoms in total. The summed E-state index contributed by atoms with van der Waals surface area (Å²) in [6.07, 6.45) is 0.358. The lowest BCUT2D eigenvalue weighted by molar-refractivity contribution is -0.114. The van der Waals surface area contributed by atoms with Crippen LogP contribution < -0.4 is 14.8 Å². The van der Waals surface area contributed by atoms with Crippen LogP contribution in [-0.2, 0) is 4.79 Å². The summed E-state index contributed by atoms with van der Waals surface area (Å²) in [6, 6.07) is 14.5. The van der Waals surface area contributed by atoms with Crippen LogP contribution in [0.1, 0.15) is 13.3 Å². The van der Waals surface area contributed by atoms with Crippen LogP contribution >= 0.6 is 11.6 Å². The van der Waals surface area contributed by atoms with E-state index in [0.29, 0.717) is 23.0 Å². The molecule has 0 bridgehead atoms. The van der Waals surface area contributed by atoms with Crippen LogP contribution in [0.4, 0.5) is 5.69 Å². The lowest BCUT2D eigenvalue weighted by atomic mass is 10.3. The zero-order valence-corrected chi connectivity index (χ0v) is 16.6. The zero-order chi connectivity index (χ0) is 19.9. The van der Waals surface area contributed by atoms with Gasteiger partial charge in [0, 0.05) is 31.6 Å². The second-order valence-corrected chi connectivity index (χ2v) is 7.32. The minimum Gasteiger partial charge on any atom is -0.489 e. The maximum Gasteiger partial charge on any atom is 0.221 e. The van der Waals surface area contributed by atoms with Crippen molar-refractivity contribution in [2.45, 2.75) is 25.6 Å². The van der Waals surface area contributed by atoms with E-state index in [-0.39, 0.29) is 18.6 Å². The van der Waals surface area contributed by atoms with Gasteiger partial charge in [0.2, 0.25) is 5.91 Å². The second-order valence-electron chi connectivity index (χ2n) is 6.88. The van der Waals surface area contributed by atoms with E-state index < -0.39 is 6.10 Å². The fourth-order valence-corrected chi connectivity index (χ4v) is 3.31. The average molecular weight is 405 g/mol. The molecule has 2 aromatic rings. The Morgan fingerprint density at radius 3 is 2.79 bits per heavy atom. The highest BCUT2D eigenvalue weighted by Gasteiger charge is 2.25.